The highest BCUT2D eigenvalue weighted by atomic mass is 15.2. The van der Waals surface area contributed by atoms with Crippen molar-refractivity contribution in [1.82, 2.24) is 4.98 Å². The predicted octanol–water partition coefficient (Wildman–Crippen LogP) is 3.12. The molecule has 0 amide bonds. The molecule has 0 N–H and O–H groups in total. The van der Waals surface area contributed by atoms with Crippen molar-refractivity contribution in [1.29, 1.82) is 0 Å². The van der Waals surface area contributed by atoms with E-state index in [1.165, 1.54) is 49.2 Å². The number of rotatable bonds is 2. The molecule has 16 heavy (non-hydrogen) atoms. The molecule has 1 aliphatic carbocycles. The molecular formula is C14H20N2. The van der Waals surface area contributed by atoms with Crippen LogP contribution in [0.1, 0.15) is 50.3 Å². The zero-order chi connectivity index (χ0) is 11.1. The Hall–Kier alpha value is -1.05. The van der Waals surface area contributed by atoms with Crippen molar-refractivity contribution in [3.05, 3.63) is 23.5 Å². The fourth-order valence-corrected chi connectivity index (χ4v) is 2.67. The van der Waals surface area contributed by atoms with Gasteiger partial charge < -0.3 is 4.90 Å². The lowest BCUT2D eigenvalue weighted by Gasteiger charge is -2.34. The molecule has 0 unspecified atom stereocenters. The fourth-order valence-electron chi connectivity index (χ4n) is 2.67. The highest BCUT2D eigenvalue weighted by Gasteiger charge is 2.27. The van der Waals surface area contributed by atoms with Gasteiger partial charge in [0.2, 0.25) is 0 Å². The summed E-state index contributed by atoms with van der Waals surface area (Å²) in [6.45, 7) is 5.73. The summed E-state index contributed by atoms with van der Waals surface area (Å²) < 4.78 is 0. The van der Waals surface area contributed by atoms with Gasteiger partial charge in [0, 0.05) is 24.2 Å². The maximum Gasteiger partial charge on any atom is 0.0587 e. The van der Waals surface area contributed by atoms with Gasteiger partial charge in [-0.15, -0.1) is 0 Å². The zero-order valence-corrected chi connectivity index (χ0v) is 10.2. The largest absolute Gasteiger partial charge is 0.368 e. The summed E-state index contributed by atoms with van der Waals surface area (Å²) in [5.74, 6) is 0.778. The van der Waals surface area contributed by atoms with Gasteiger partial charge in [-0.05, 0) is 51.2 Å². The summed E-state index contributed by atoms with van der Waals surface area (Å²) in [5, 5.41) is 0. The molecule has 0 spiro atoms. The minimum atomic E-state index is 0.590. The van der Waals surface area contributed by atoms with Crippen molar-refractivity contribution in [2.45, 2.75) is 51.5 Å². The van der Waals surface area contributed by atoms with E-state index in [9.17, 15) is 0 Å². The Labute approximate surface area is 97.7 Å². The van der Waals surface area contributed by atoms with Crippen molar-refractivity contribution in [3.63, 3.8) is 0 Å². The topological polar surface area (TPSA) is 16.1 Å². The third-order valence-electron chi connectivity index (χ3n) is 3.76. The van der Waals surface area contributed by atoms with Crippen LogP contribution in [-0.4, -0.2) is 17.6 Å². The Kier molecular flexibility index (Phi) is 2.38. The molecule has 1 saturated carbocycles. The Morgan fingerprint density at radius 2 is 2.19 bits per heavy atom. The number of anilines is 1. The average molecular weight is 216 g/mol. The van der Waals surface area contributed by atoms with Crippen LogP contribution in [-0.2, 0) is 6.42 Å². The van der Waals surface area contributed by atoms with Gasteiger partial charge in [-0.25, -0.2) is 0 Å². The van der Waals surface area contributed by atoms with Gasteiger partial charge in [0.15, 0.2) is 0 Å². The van der Waals surface area contributed by atoms with Crippen LogP contribution in [0, 0.1) is 0 Å². The van der Waals surface area contributed by atoms with E-state index in [0.29, 0.717) is 6.04 Å². The van der Waals surface area contributed by atoms with Gasteiger partial charge in [0.05, 0.1) is 11.9 Å². The highest BCUT2D eigenvalue weighted by molar-refractivity contribution is 5.55. The molecule has 0 radical (unpaired) electrons. The Morgan fingerprint density at radius 3 is 2.88 bits per heavy atom. The molecule has 0 saturated heterocycles. The summed E-state index contributed by atoms with van der Waals surface area (Å²) in [7, 11) is 0. The van der Waals surface area contributed by atoms with Gasteiger partial charge >= 0.3 is 0 Å². The van der Waals surface area contributed by atoms with Crippen molar-refractivity contribution in [2.75, 3.05) is 11.4 Å². The quantitative estimate of drug-likeness (QED) is 0.755. The monoisotopic (exact) mass is 216 g/mol. The minimum Gasteiger partial charge on any atom is -0.368 e. The third-order valence-corrected chi connectivity index (χ3v) is 3.76. The second-order valence-electron chi connectivity index (χ2n) is 5.40. The molecule has 1 aromatic heterocycles. The van der Waals surface area contributed by atoms with Crippen LogP contribution < -0.4 is 4.90 Å². The van der Waals surface area contributed by atoms with Gasteiger partial charge in [-0.2, -0.15) is 0 Å². The van der Waals surface area contributed by atoms with E-state index in [2.05, 4.69) is 36.0 Å². The molecule has 2 nitrogen and oxygen atoms in total. The van der Waals surface area contributed by atoms with E-state index >= 15 is 0 Å². The van der Waals surface area contributed by atoms with Crippen molar-refractivity contribution < 1.29 is 0 Å². The lowest BCUT2D eigenvalue weighted by Crippen LogP contribution is -2.35. The third kappa shape index (κ3) is 1.70. The molecular weight excluding hydrogens is 196 g/mol. The van der Waals surface area contributed by atoms with Crippen molar-refractivity contribution in [2.24, 2.45) is 0 Å². The van der Waals surface area contributed by atoms with E-state index in [0.717, 1.165) is 5.92 Å². The molecule has 0 bridgehead atoms. The summed E-state index contributed by atoms with van der Waals surface area (Å²) in [4.78, 5) is 7.13. The molecule has 2 heterocycles. The Balaban J connectivity index is 1.95. The molecule has 86 valence electrons. The van der Waals surface area contributed by atoms with Crippen LogP contribution >= 0.6 is 0 Å². The number of aryl methyl sites for hydroxylation is 1. The van der Waals surface area contributed by atoms with Gasteiger partial charge in [-0.3, -0.25) is 4.98 Å². The van der Waals surface area contributed by atoms with E-state index in [-0.39, 0.29) is 0 Å². The first-order valence-electron chi connectivity index (χ1n) is 6.51. The molecule has 2 heteroatoms. The molecule has 1 aromatic rings. The summed E-state index contributed by atoms with van der Waals surface area (Å²) in [5.41, 5.74) is 4.24. The number of pyridine rings is 1. The second-order valence-corrected chi connectivity index (χ2v) is 5.40. The lowest BCUT2D eigenvalue weighted by atomic mass is 10.0. The van der Waals surface area contributed by atoms with E-state index in [1.54, 1.807) is 0 Å². The molecule has 2 aliphatic rings. The van der Waals surface area contributed by atoms with Gasteiger partial charge in [-0.1, -0.05) is 0 Å². The Bertz CT molecular complexity index is 394. The molecule has 1 aliphatic heterocycles. The van der Waals surface area contributed by atoms with Crippen LogP contribution in [0.3, 0.4) is 0 Å². The van der Waals surface area contributed by atoms with Crippen LogP contribution in [0.15, 0.2) is 12.3 Å². The summed E-state index contributed by atoms with van der Waals surface area (Å²) >= 11 is 0. The first-order valence-corrected chi connectivity index (χ1v) is 6.51. The highest BCUT2D eigenvalue weighted by Crippen LogP contribution is 2.40. The number of hydrogen-bond donors (Lipinski definition) is 0. The maximum atomic E-state index is 4.64. The number of fused-ring (bicyclic) bond motifs is 1. The minimum absolute atomic E-state index is 0.590. The van der Waals surface area contributed by atoms with Gasteiger partial charge in [0.1, 0.15) is 0 Å². The number of aromatic nitrogens is 1. The van der Waals surface area contributed by atoms with Crippen molar-refractivity contribution >= 4 is 5.69 Å². The van der Waals surface area contributed by atoms with Crippen LogP contribution in [0.2, 0.25) is 0 Å². The SMILES string of the molecule is CC(C)N1CCCc2cc(C3CC3)ncc21. The maximum absolute atomic E-state index is 4.64. The van der Waals surface area contributed by atoms with Crippen LogP contribution in [0.25, 0.3) is 0 Å². The Morgan fingerprint density at radius 1 is 1.38 bits per heavy atom. The van der Waals surface area contributed by atoms with E-state index in [4.69, 9.17) is 0 Å². The van der Waals surface area contributed by atoms with Gasteiger partial charge in [0.25, 0.3) is 0 Å². The smallest absolute Gasteiger partial charge is 0.0587 e. The van der Waals surface area contributed by atoms with E-state index < -0.39 is 0 Å². The first kappa shape index (κ1) is 10.1. The summed E-state index contributed by atoms with van der Waals surface area (Å²) in [6.07, 6.45) is 7.33. The normalized spacial score (nSPS) is 20.1. The van der Waals surface area contributed by atoms with Crippen molar-refractivity contribution in [3.8, 4) is 0 Å². The van der Waals surface area contributed by atoms with Crippen LogP contribution in [0.5, 0.6) is 0 Å². The van der Waals surface area contributed by atoms with E-state index in [1.807, 2.05) is 0 Å². The molecule has 1 fully saturated rings. The zero-order valence-electron chi connectivity index (χ0n) is 10.2. The molecule has 0 atom stereocenters. The number of hydrogen-bond acceptors (Lipinski definition) is 2. The average Bonchev–Trinajstić information content (AvgIpc) is 3.11. The number of nitrogens with zero attached hydrogens (tertiary/aromatic N) is 2. The lowest BCUT2D eigenvalue weighted by molar-refractivity contribution is 0.622. The molecule has 0 aromatic carbocycles. The summed E-state index contributed by atoms with van der Waals surface area (Å²) in [6, 6.07) is 2.95. The second kappa shape index (κ2) is 3.76. The van der Waals surface area contributed by atoms with Crippen LogP contribution in [0.4, 0.5) is 5.69 Å². The molecule has 3 rings (SSSR count). The predicted molar refractivity (Wildman–Crippen MR) is 67.0 cm³/mol. The fraction of sp³-hybridized carbons (Fsp3) is 0.643. The standard InChI is InChI=1S/C14H20N2/c1-10(2)16-7-3-4-12-8-13(11-5-6-11)15-9-14(12)16/h8-11H,3-7H2,1-2H3. The first-order chi connectivity index (χ1) is 7.75.